The third-order valence-corrected chi connectivity index (χ3v) is 5.34. The van der Waals surface area contributed by atoms with E-state index in [1.807, 2.05) is 41.3 Å². The zero-order valence-electron chi connectivity index (χ0n) is 14.8. The Hall–Kier alpha value is -2.54. The molecule has 2 fully saturated rings. The largest absolute Gasteiger partial charge is 0.314 e. The summed E-state index contributed by atoms with van der Waals surface area (Å²) >= 11 is 0. The molecular formula is C19H23N7. The maximum absolute atomic E-state index is 4.65. The number of likely N-dealkylation sites (tertiary alicyclic amines) is 1. The first-order valence-corrected chi connectivity index (χ1v) is 9.44. The highest BCUT2D eigenvalue weighted by molar-refractivity contribution is 5.29. The monoisotopic (exact) mass is 349 g/mol. The van der Waals surface area contributed by atoms with Gasteiger partial charge in [-0.1, -0.05) is 18.2 Å². The summed E-state index contributed by atoms with van der Waals surface area (Å²) in [5.41, 5.74) is 1.04. The lowest BCUT2D eigenvalue weighted by Crippen LogP contribution is -2.35. The number of rotatable bonds is 5. The van der Waals surface area contributed by atoms with Gasteiger partial charge >= 0.3 is 0 Å². The van der Waals surface area contributed by atoms with Crippen LogP contribution in [0.15, 0.2) is 43.0 Å². The number of benzene rings is 1. The average molecular weight is 349 g/mol. The summed E-state index contributed by atoms with van der Waals surface area (Å²) in [7, 11) is 0. The van der Waals surface area contributed by atoms with Crippen LogP contribution in [-0.4, -0.2) is 47.5 Å². The van der Waals surface area contributed by atoms with Crippen molar-refractivity contribution in [3.63, 3.8) is 0 Å². The van der Waals surface area contributed by atoms with Gasteiger partial charge in [0.15, 0.2) is 5.82 Å². The van der Waals surface area contributed by atoms with Crippen LogP contribution >= 0.6 is 0 Å². The molecule has 0 amide bonds. The first-order valence-electron chi connectivity index (χ1n) is 9.44. The zero-order valence-corrected chi connectivity index (χ0v) is 14.8. The normalized spacial score (nSPS) is 21.2. The second-order valence-corrected chi connectivity index (χ2v) is 7.34. The molecule has 1 saturated heterocycles. The Balaban J connectivity index is 1.27. The van der Waals surface area contributed by atoms with Crippen LogP contribution in [-0.2, 0) is 6.54 Å². The van der Waals surface area contributed by atoms with E-state index in [1.165, 1.54) is 31.5 Å². The van der Waals surface area contributed by atoms with E-state index in [2.05, 4.69) is 29.7 Å². The third-order valence-electron chi connectivity index (χ3n) is 5.34. The molecule has 1 aliphatic carbocycles. The van der Waals surface area contributed by atoms with Gasteiger partial charge in [-0.2, -0.15) is 0 Å². The maximum atomic E-state index is 4.65. The molecule has 1 aliphatic heterocycles. The molecule has 2 aromatic heterocycles. The number of hydrogen-bond acceptors (Lipinski definition) is 5. The lowest BCUT2D eigenvalue weighted by Gasteiger charge is -2.31. The van der Waals surface area contributed by atoms with Crippen molar-refractivity contribution in [2.45, 2.75) is 44.2 Å². The van der Waals surface area contributed by atoms with Crippen molar-refractivity contribution in [1.29, 1.82) is 0 Å². The van der Waals surface area contributed by atoms with E-state index in [1.54, 1.807) is 6.33 Å². The highest BCUT2D eigenvalue weighted by Crippen LogP contribution is 2.38. The number of nitrogens with zero attached hydrogens (tertiary/aromatic N) is 7. The summed E-state index contributed by atoms with van der Waals surface area (Å²) in [6, 6.07) is 10.8. The summed E-state index contributed by atoms with van der Waals surface area (Å²) in [5.74, 6) is 2.50. The Kier molecular flexibility index (Phi) is 4.01. The van der Waals surface area contributed by atoms with Crippen LogP contribution < -0.4 is 0 Å². The molecule has 134 valence electrons. The molecule has 1 atom stereocenters. The number of piperidine rings is 1. The van der Waals surface area contributed by atoms with Crippen molar-refractivity contribution in [3.05, 3.63) is 54.6 Å². The van der Waals surface area contributed by atoms with Crippen LogP contribution in [0.5, 0.6) is 0 Å². The van der Waals surface area contributed by atoms with E-state index in [9.17, 15) is 0 Å². The fraction of sp³-hybridized carbons (Fsp3) is 0.474. The van der Waals surface area contributed by atoms with E-state index in [4.69, 9.17) is 0 Å². The van der Waals surface area contributed by atoms with Gasteiger partial charge in [0.2, 0.25) is 0 Å². The van der Waals surface area contributed by atoms with E-state index >= 15 is 0 Å². The average Bonchev–Trinajstić information content (AvgIpc) is 3.22. The molecule has 1 saturated carbocycles. The lowest BCUT2D eigenvalue weighted by atomic mass is 9.97. The van der Waals surface area contributed by atoms with Crippen LogP contribution in [0.3, 0.4) is 0 Å². The van der Waals surface area contributed by atoms with Crippen molar-refractivity contribution in [3.8, 4) is 5.69 Å². The van der Waals surface area contributed by atoms with Crippen molar-refractivity contribution in [2.75, 3.05) is 13.1 Å². The van der Waals surface area contributed by atoms with Gasteiger partial charge in [-0.05, 0) is 44.4 Å². The van der Waals surface area contributed by atoms with Gasteiger partial charge in [0.1, 0.15) is 18.5 Å². The standard InChI is InChI=1S/C19H23N7/c1-2-6-17(7-3-1)26-13-20-18(23-26)12-24-10-4-5-15(11-24)19-22-21-14-25(19)16-8-9-16/h1-3,6-7,13-16H,4-5,8-12H2/t15-/m0/s1. The predicted octanol–water partition coefficient (Wildman–Crippen LogP) is 2.57. The molecule has 0 bridgehead atoms. The smallest absolute Gasteiger partial charge is 0.164 e. The fourth-order valence-electron chi connectivity index (χ4n) is 3.86. The minimum absolute atomic E-state index is 0.461. The Morgan fingerprint density at radius 2 is 1.92 bits per heavy atom. The molecule has 5 rings (SSSR count). The Labute approximate surface area is 152 Å². The maximum Gasteiger partial charge on any atom is 0.164 e. The third kappa shape index (κ3) is 3.14. The number of aromatic nitrogens is 6. The highest BCUT2D eigenvalue weighted by Gasteiger charge is 2.31. The first kappa shape index (κ1) is 15.7. The quantitative estimate of drug-likeness (QED) is 0.708. The van der Waals surface area contributed by atoms with Gasteiger partial charge in [0, 0.05) is 18.5 Å². The summed E-state index contributed by atoms with van der Waals surface area (Å²) in [4.78, 5) is 6.96. The molecule has 3 heterocycles. The summed E-state index contributed by atoms with van der Waals surface area (Å²) in [5, 5.41) is 13.3. The van der Waals surface area contributed by atoms with Crippen LogP contribution in [0, 0.1) is 0 Å². The number of hydrogen-bond donors (Lipinski definition) is 0. The van der Waals surface area contributed by atoms with Gasteiger partial charge in [-0.15, -0.1) is 15.3 Å². The van der Waals surface area contributed by atoms with Crippen molar-refractivity contribution in [1.82, 2.24) is 34.4 Å². The first-order chi connectivity index (χ1) is 12.9. The minimum atomic E-state index is 0.461. The predicted molar refractivity (Wildman–Crippen MR) is 96.9 cm³/mol. The van der Waals surface area contributed by atoms with Gasteiger partial charge in [0.25, 0.3) is 0 Å². The molecule has 0 N–H and O–H groups in total. The van der Waals surface area contributed by atoms with Crippen LogP contribution in [0.25, 0.3) is 5.69 Å². The number of para-hydroxylation sites is 1. The van der Waals surface area contributed by atoms with E-state index in [0.29, 0.717) is 12.0 Å². The minimum Gasteiger partial charge on any atom is -0.314 e. The van der Waals surface area contributed by atoms with E-state index in [-0.39, 0.29) is 0 Å². The Bertz CT molecular complexity index is 865. The van der Waals surface area contributed by atoms with Gasteiger partial charge in [-0.25, -0.2) is 9.67 Å². The molecule has 7 nitrogen and oxygen atoms in total. The van der Waals surface area contributed by atoms with Crippen LogP contribution in [0.2, 0.25) is 0 Å². The van der Waals surface area contributed by atoms with Crippen molar-refractivity contribution >= 4 is 0 Å². The van der Waals surface area contributed by atoms with Gasteiger partial charge in [0.05, 0.1) is 12.2 Å². The second kappa shape index (κ2) is 6.64. The van der Waals surface area contributed by atoms with Crippen molar-refractivity contribution < 1.29 is 0 Å². The fourth-order valence-corrected chi connectivity index (χ4v) is 3.86. The molecule has 2 aliphatic rings. The molecule has 1 aromatic carbocycles. The van der Waals surface area contributed by atoms with Gasteiger partial charge in [-0.3, -0.25) is 4.90 Å². The van der Waals surface area contributed by atoms with Crippen LogP contribution in [0.4, 0.5) is 0 Å². The van der Waals surface area contributed by atoms with E-state index < -0.39 is 0 Å². The molecule has 0 spiro atoms. The molecule has 0 unspecified atom stereocenters. The Morgan fingerprint density at radius 3 is 2.77 bits per heavy atom. The molecule has 3 aromatic rings. The van der Waals surface area contributed by atoms with Gasteiger partial charge < -0.3 is 4.57 Å². The lowest BCUT2D eigenvalue weighted by molar-refractivity contribution is 0.190. The molecule has 26 heavy (non-hydrogen) atoms. The van der Waals surface area contributed by atoms with Crippen molar-refractivity contribution in [2.24, 2.45) is 0 Å². The zero-order chi connectivity index (χ0) is 17.3. The summed E-state index contributed by atoms with van der Waals surface area (Å²) in [6.07, 6.45) is 8.62. The Morgan fingerprint density at radius 1 is 1.04 bits per heavy atom. The van der Waals surface area contributed by atoms with E-state index in [0.717, 1.165) is 31.1 Å². The highest BCUT2D eigenvalue weighted by atomic mass is 15.3. The second-order valence-electron chi connectivity index (χ2n) is 7.34. The summed E-state index contributed by atoms with van der Waals surface area (Å²) in [6.45, 7) is 2.88. The SMILES string of the molecule is c1ccc(-n2cnc(CN3CCC[C@H](c4nncn4C4CC4)C3)n2)cc1. The molecule has 7 heteroatoms. The molecular weight excluding hydrogens is 326 g/mol. The van der Waals surface area contributed by atoms with Crippen LogP contribution in [0.1, 0.15) is 49.3 Å². The summed E-state index contributed by atoms with van der Waals surface area (Å²) < 4.78 is 4.15. The topological polar surface area (TPSA) is 64.7 Å². The molecule has 0 radical (unpaired) electrons.